The molecule has 1 aromatic carbocycles. The van der Waals surface area contributed by atoms with Crippen LogP contribution in [0.3, 0.4) is 0 Å². The third-order valence-corrected chi connectivity index (χ3v) is 3.65. The minimum atomic E-state index is -0.352. The minimum Gasteiger partial charge on any atom is -0.323 e. The SMILES string of the molecule is Cc1nc2c(Cl)cc(F)c(C)c2c(NN)c1C(C)C. The Morgan fingerprint density at radius 3 is 2.53 bits per heavy atom. The summed E-state index contributed by atoms with van der Waals surface area (Å²) in [5, 5.41) is 0.954. The van der Waals surface area contributed by atoms with Crippen molar-refractivity contribution in [2.75, 3.05) is 5.43 Å². The molecule has 1 aromatic heterocycles. The lowest BCUT2D eigenvalue weighted by Crippen LogP contribution is -2.13. The van der Waals surface area contributed by atoms with Gasteiger partial charge in [0.15, 0.2) is 0 Å². The first-order valence-electron chi connectivity index (χ1n) is 6.13. The second kappa shape index (κ2) is 4.94. The molecule has 0 saturated carbocycles. The van der Waals surface area contributed by atoms with E-state index >= 15 is 0 Å². The van der Waals surface area contributed by atoms with Gasteiger partial charge in [-0.25, -0.2) is 4.39 Å². The normalized spacial score (nSPS) is 11.4. The standard InChI is InChI=1S/C14H17ClFN3/c1-6(2)11-8(4)18-13-9(15)5-10(16)7(3)12(13)14(11)19-17/h5-6H,17H2,1-4H3,(H,18,19). The molecule has 0 spiro atoms. The zero-order valence-corrected chi connectivity index (χ0v) is 12.2. The van der Waals surface area contributed by atoms with Gasteiger partial charge in [0.05, 0.1) is 16.2 Å². The van der Waals surface area contributed by atoms with E-state index in [4.69, 9.17) is 17.4 Å². The smallest absolute Gasteiger partial charge is 0.128 e. The molecular formula is C14H17ClFN3. The molecule has 0 fully saturated rings. The summed E-state index contributed by atoms with van der Waals surface area (Å²) < 4.78 is 13.9. The average molecular weight is 282 g/mol. The van der Waals surface area contributed by atoms with Crippen molar-refractivity contribution < 1.29 is 4.39 Å². The van der Waals surface area contributed by atoms with Gasteiger partial charge in [-0.15, -0.1) is 0 Å². The Morgan fingerprint density at radius 1 is 1.37 bits per heavy atom. The zero-order chi connectivity index (χ0) is 14.3. The minimum absolute atomic E-state index is 0.226. The van der Waals surface area contributed by atoms with Crippen LogP contribution in [0.25, 0.3) is 10.9 Å². The van der Waals surface area contributed by atoms with Crippen molar-refractivity contribution in [3.05, 3.63) is 33.7 Å². The van der Waals surface area contributed by atoms with Crippen molar-refractivity contribution in [2.45, 2.75) is 33.6 Å². The Balaban J connectivity index is 3.04. The Morgan fingerprint density at radius 2 is 2.00 bits per heavy atom. The van der Waals surface area contributed by atoms with Crippen LogP contribution >= 0.6 is 11.6 Å². The molecule has 5 heteroatoms. The summed E-state index contributed by atoms with van der Waals surface area (Å²) in [7, 11) is 0. The second-order valence-corrected chi connectivity index (χ2v) is 5.38. The van der Waals surface area contributed by atoms with E-state index < -0.39 is 0 Å². The fraction of sp³-hybridized carbons (Fsp3) is 0.357. The van der Waals surface area contributed by atoms with Crippen LogP contribution in [0.5, 0.6) is 0 Å². The van der Waals surface area contributed by atoms with Crippen LogP contribution in [0.2, 0.25) is 5.02 Å². The number of nitrogens with two attached hydrogens (primary N) is 1. The molecule has 0 radical (unpaired) electrons. The molecule has 3 nitrogen and oxygen atoms in total. The van der Waals surface area contributed by atoms with Gasteiger partial charge >= 0.3 is 0 Å². The molecule has 0 aliphatic heterocycles. The fourth-order valence-corrected chi connectivity index (χ4v) is 2.75. The molecule has 0 aliphatic carbocycles. The predicted octanol–water partition coefficient (Wildman–Crippen LogP) is 4.05. The molecule has 0 aliphatic rings. The van der Waals surface area contributed by atoms with Crippen LogP contribution in [-0.2, 0) is 0 Å². The number of anilines is 1. The molecular weight excluding hydrogens is 265 g/mol. The van der Waals surface area contributed by atoms with Crippen molar-refractivity contribution in [2.24, 2.45) is 5.84 Å². The molecule has 0 bridgehead atoms. The number of rotatable bonds is 2. The van der Waals surface area contributed by atoms with Gasteiger partial charge in [-0.1, -0.05) is 25.4 Å². The lowest BCUT2D eigenvalue weighted by molar-refractivity contribution is 0.621. The molecule has 1 heterocycles. The van der Waals surface area contributed by atoms with Crippen molar-refractivity contribution in [1.29, 1.82) is 0 Å². The van der Waals surface area contributed by atoms with E-state index in [1.165, 1.54) is 6.07 Å². The number of nitrogen functional groups attached to an aromatic ring is 1. The molecule has 0 atom stereocenters. The first-order chi connectivity index (χ1) is 8.88. The third kappa shape index (κ3) is 2.15. The van der Waals surface area contributed by atoms with Crippen molar-refractivity contribution in [3.63, 3.8) is 0 Å². The molecule has 0 saturated heterocycles. The summed E-state index contributed by atoms with van der Waals surface area (Å²) in [6.45, 7) is 7.71. The lowest BCUT2D eigenvalue weighted by Gasteiger charge is -2.19. The number of halogens is 2. The number of aryl methyl sites for hydroxylation is 2. The fourth-order valence-electron chi connectivity index (χ4n) is 2.52. The molecule has 2 aromatic rings. The average Bonchev–Trinajstić information content (AvgIpc) is 2.34. The summed E-state index contributed by atoms with van der Waals surface area (Å²) in [5.74, 6) is 5.52. The van der Waals surface area contributed by atoms with Gasteiger partial charge in [0.1, 0.15) is 5.82 Å². The highest BCUT2D eigenvalue weighted by atomic mass is 35.5. The Kier molecular flexibility index (Phi) is 3.65. The molecule has 19 heavy (non-hydrogen) atoms. The highest BCUT2D eigenvalue weighted by Crippen LogP contribution is 2.38. The van der Waals surface area contributed by atoms with Crippen molar-refractivity contribution in [1.82, 2.24) is 4.98 Å². The van der Waals surface area contributed by atoms with Crippen LogP contribution in [0.4, 0.5) is 10.1 Å². The Hall–Kier alpha value is -1.39. The van der Waals surface area contributed by atoms with E-state index in [0.717, 1.165) is 11.3 Å². The van der Waals surface area contributed by atoms with E-state index in [0.29, 0.717) is 27.2 Å². The molecule has 3 N–H and O–H groups in total. The Bertz CT molecular complexity index is 653. The van der Waals surface area contributed by atoms with Crippen LogP contribution in [0.1, 0.15) is 36.6 Å². The summed E-state index contributed by atoms with van der Waals surface area (Å²) in [4.78, 5) is 4.51. The topological polar surface area (TPSA) is 50.9 Å². The van der Waals surface area contributed by atoms with Gasteiger partial charge in [0.25, 0.3) is 0 Å². The molecule has 0 unspecified atom stereocenters. The second-order valence-electron chi connectivity index (χ2n) is 4.97. The lowest BCUT2D eigenvalue weighted by atomic mass is 9.95. The van der Waals surface area contributed by atoms with Crippen LogP contribution in [-0.4, -0.2) is 4.98 Å². The van der Waals surface area contributed by atoms with Gasteiger partial charge in [-0.2, -0.15) is 0 Å². The van der Waals surface area contributed by atoms with E-state index in [9.17, 15) is 4.39 Å². The van der Waals surface area contributed by atoms with Gasteiger partial charge in [0, 0.05) is 16.6 Å². The highest BCUT2D eigenvalue weighted by molar-refractivity contribution is 6.35. The number of fused-ring (bicyclic) bond motifs is 1. The van der Waals surface area contributed by atoms with Gasteiger partial charge in [0.2, 0.25) is 0 Å². The van der Waals surface area contributed by atoms with Crippen LogP contribution < -0.4 is 11.3 Å². The van der Waals surface area contributed by atoms with Gasteiger partial charge in [-0.05, 0) is 31.4 Å². The summed E-state index contributed by atoms with van der Waals surface area (Å²) in [5.41, 5.74) is 6.31. The quantitative estimate of drug-likeness (QED) is 0.645. The first-order valence-corrected chi connectivity index (χ1v) is 6.51. The monoisotopic (exact) mass is 281 g/mol. The van der Waals surface area contributed by atoms with E-state index in [1.54, 1.807) is 6.92 Å². The first kappa shape index (κ1) is 14.0. The third-order valence-electron chi connectivity index (χ3n) is 3.36. The molecule has 2 rings (SSSR count). The van der Waals surface area contributed by atoms with E-state index in [-0.39, 0.29) is 11.7 Å². The number of hydrogen-bond donors (Lipinski definition) is 2. The van der Waals surface area contributed by atoms with Crippen molar-refractivity contribution >= 4 is 28.2 Å². The van der Waals surface area contributed by atoms with E-state index in [2.05, 4.69) is 10.4 Å². The summed E-state index contributed by atoms with van der Waals surface area (Å²) >= 11 is 6.10. The maximum absolute atomic E-state index is 13.9. The molecule has 0 amide bonds. The number of hydrazine groups is 1. The number of nitrogens with zero attached hydrogens (tertiary/aromatic N) is 1. The maximum atomic E-state index is 13.9. The predicted molar refractivity (Wildman–Crippen MR) is 78.1 cm³/mol. The van der Waals surface area contributed by atoms with Crippen LogP contribution in [0.15, 0.2) is 6.07 Å². The summed E-state index contributed by atoms with van der Waals surface area (Å²) in [6, 6.07) is 1.29. The number of hydrogen-bond acceptors (Lipinski definition) is 3. The zero-order valence-electron chi connectivity index (χ0n) is 11.4. The maximum Gasteiger partial charge on any atom is 0.128 e. The number of nitrogens with one attached hydrogen (secondary N) is 1. The largest absolute Gasteiger partial charge is 0.323 e. The van der Waals surface area contributed by atoms with Crippen LogP contribution in [0, 0.1) is 19.7 Å². The van der Waals surface area contributed by atoms with Gasteiger partial charge in [-0.3, -0.25) is 10.8 Å². The number of benzene rings is 1. The number of aromatic nitrogens is 1. The summed E-state index contributed by atoms with van der Waals surface area (Å²) in [6.07, 6.45) is 0. The highest BCUT2D eigenvalue weighted by Gasteiger charge is 2.19. The molecule has 102 valence electrons. The Labute approximate surface area is 116 Å². The number of pyridine rings is 1. The van der Waals surface area contributed by atoms with Crippen molar-refractivity contribution in [3.8, 4) is 0 Å². The van der Waals surface area contributed by atoms with E-state index in [1.807, 2.05) is 20.8 Å². The van der Waals surface area contributed by atoms with Gasteiger partial charge < -0.3 is 5.43 Å².